The van der Waals surface area contributed by atoms with Crippen LogP contribution in [-0.2, 0) is 10.3 Å². The summed E-state index contributed by atoms with van der Waals surface area (Å²) < 4.78 is 6.11. The minimum Gasteiger partial charge on any atom is -0.450 e. The first kappa shape index (κ1) is 20.7. The Hall–Kier alpha value is -2.05. The maximum atomic E-state index is 12.8. The molecule has 2 amide bonds. The van der Waals surface area contributed by atoms with Crippen molar-refractivity contribution >= 4 is 40.6 Å². The number of furan rings is 1. The number of halogens is 1. The maximum Gasteiger partial charge on any atom is 0.289 e. The van der Waals surface area contributed by atoms with Crippen LogP contribution in [0.3, 0.4) is 0 Å². The number of carbonyl (C=O) groups excluding carboxylic acids is 2. The summed E-state index contributed by atoms with van der Waals surface area (Å²) >= 11 is 6.54. The number of hydrogen-bond acceptors (Lipinski definition) is 4. The molecule has 0 spiro atoms. The van der Waals surface area contributed by atoms with Gasteiger partial charge in [0.1, 0.15) is 5.58 Å². The monoisotopic (exact) mass is 405 g/mol. The molecule has 1 saturated carbocycles. The molecule has 0 unspecified atom stereocenters. The molecular weight excluding hydrogens is 378 g/mol. The van der Waals surface area contributed by atoms with Crippen LogP contribution >= 0.6 is 11.6 Å². The van der Waals surface area contributed by atoms with Crippen LogP contribution in [0.1, 0.15) is 62.1 Å². The second-order valence-electron chi connectivity index (χ2n) is 7.80. The number of rotatable bonds is 6. The van der Waals surface area contributed by atoms with E-state index in [0.29, 0.717) is 22.7 Å². The summed E-state index contributed by atoms with van der Waals surface area (Å²) in [6.07, 6.45) is 5.75. The largest absolute Gasteiger partial charge is 0.450 e. The van der Waals surface area contributed by atoms with Gasteiger partial charge in [-0.3, -0.25) is 9.59 Å². The molecular formula is C21H28ClN3O3. The topological polar surface area (TPSA) is 74.6 Å². The normalized spacial score (nSPS) is 16.4. The van der Waals surface area contributed by atoms with E-state index in [2.05, 4.69) is 10.6 Å². The lowest BCUT2D eigenvalue weighted by atomic mass is 9.75. The highest BCUT2D eigenvalue weighted by Gasteiger charge is 2.38. The quantitative estimate of drug-likeness (QED) is 0.693. The zero-order valence-electron chi connectivity index (χ0n) is 16.9. The summed E-state index contributed by atoms with van der Waals surface area (Å²) in [5.41, 5.74) is 1.61. The van der Waals surface area contributed by atoms with Crippen molar-refractivity contribution in [1.29, 1.82) is 0 Å². The van der Waals surface area contributed by atoms with Gasteiger partial charge in [-0.2, -0.15) is 0 Å². The second kappa shape index (κ2) is 8.13. The van der Waals surface area contributed by atoms with E-state index < -0.39 is 0 Å². The fourth-order valence-corrected chi connectivity index (χ4v) is 4.37. The first-order valence-corrected chi connectivity index (χ1v) is 10.1. The molecule has 1 fully saturated rings. The van der Waals surface area contributed by atoms with E-state index in [1.165, 1.54) is 6.42 Å². The Labute approximate surface area is 170 Å². The number of fused-ring (bicyclic) bond motifs is 1. The van der Waals surface area contributed by atoms with Crippen molar-refractivity contribution in [2.45, 2.75) is 57.5 Å². The van der Waals surface area contributed by atoms with Gasteiger partial charge in [-0.05, 0) is 45.9 Å². The van der Waals surface area contributed by atoms with Gasteiger partial charge in [0.05, 0.1) is 10.7 Å². The van der Waals surface area contributed by atoms with Crippen LogP contribution in [0.4, 0.5) is 5.69 Å². The number of nitrogens with one attached hydrogen (secondary N) is 2. The molecule has 3 rings (SSSR count). The second-order valence-corrected chi connectivity index (χ2v) is 8.21. The molecule has 6 nitrogen and oxygen atoms in total. The Kier molecular flexibility index (Phi) is 6.01. The standard InChI is InChI=1S/C21H28ClN3O3/c1-13(2)25(4)20(27)16-11-14-10-15(22)18(24-12-26)17(19(14)28-16)21(23-3)8-6-5-7-9-21/h10-13,23H,5-9H2,1-4H3,(H,24,26). The summed E-state index contributed by atoms with van der Waals surface area (Å²) in [6, 6.07) is 3.54. The van der Waals surface area contributed by atoms with Gasteiger partial charge in [0.15, 0.2) is 5.76 Å². The highest BCUT2D eigenvalue weighted by molar-refractivity contribution is 6.34. The molecule has 2 aromatic rings. The molecule has 1 aliphatic carbocycles. The van der Waals surface area contributed by atoms with E-state index in [1.807, 2.05) is 20.9 Å². The molecule has 0 saturated heterocycles. The number of carbonyl (C=O) groups is 2. The number of anilines is 1. The number of nitrogens with zero attached hydrogens (tertiary/aromatic N) is 1. The van der Waals surface area contributed by atoms with Crippen LogP contribution in [0.5, 0.6) is 0 Å². The lowest BCUT2D eigenvalue weighted by Gasteiger charge is -2.39. The summed E-state index contributed by atoms with van der Waals surface area (Å²) in [5.74, 6) is 0.0918. The van der Waals surface area contributed by atoms with Crippen LogP contribution in [0.25, 0.3) is 11.0 Å². The van der Waals surface area contributed by atoms with Crippen LogP contribution in [0.2, 0.25) is 5.02 Å². The van der Waals surface area contributed by atoms with Crippen molar-refractivity contribution in [2.75, 3.05) is 19.4 Å². The third-order valence-corrected chi connectivity index (χ3v) is 6.23. The molecule has 2 N–H and O–H groups in total. The van der Waals surface area contributed by atoms with Crippen LogP contribution in [0, 0.1) is 0 Å². The Morgan fingerprint density at radius 1 is 1.29 bits per heavy atom. The third kappa shape index (κ3) is 3.51. The van der Waals surface area contributed by atoms with Crippen molar-refractivity contribution in [3.8, 4) is 0 Å². The fourth-order valence-electron chi connectivity index (χ4n) is 4.10. The summed E-state index contributed by atoms with van der Waals surface area (Å²) in [4.78, 5) is 25.7. The van der Waals surface area contributed by atoms with Gasteiger partial charge in [-0.25, -0.2) is 0 Å². The molecule has 1 aromatic heterocycles. The van der Waals surface area contributed by atoms with Crippen LogP contribution in [0.15, 0.2) is 16.5 Å². The van der Waals surface area contributed by atoms with E-state index >= 15 is 0 Å². The summed E-state index contributed by atoms with van der Waals surface area (Å²) in [6.45, 7) is 3.90. The fraction of sp³-hybridized carbons (Fsp3) is 0.524. The van der Waals surface area contributed by atoms with E-state index in [1.54, 1.807) is 24.1 Å². The Morgan fingerprint density at radius 3 is 2.54 bits per heavy atom. The van der Waals surface area contributed by atoms with Gasteiger partial charge in [0, 0.05) is 29.6 Å². The molecule has 7 heteroatoms. The number of benzene rings is 1. The molecule has 0 radical (unpaired) electrons. The zero-order chi connectivity index (χ0) is 20.5. The Morgan fingerprint density at radius 2 is 1.96 bits per heavy atom. The van der Waals surface area contributed by atoms with Crippen molar-refractivity contribution in [2.24, 2.45) is 0 Å². The molecule has 0 atom stereocenters. The minimum absolute atomic E-state index is 0.0538. The lowest BCUT2D eigenvalue weighted by molar-refractivity contribution is -0.105. The third-order valence-electron chi connectivity index (χ3n) is 5.93. The maximum absolute atomic E-state index is 12.8. The molecule has 1 aliphatic rings. The van der Waals surface area contributed by atoms with Crippen molar-refractivity contribution in [3.63, 3.8) is 0 Å². The Balaban J connectivity index is 2.25. The van der Waals surface area contributed by atoms with E-state index in [0.717, 1.165) is 36.6 Å². The van der Waals surface area contributed by atoms with Crippen molar-refractivity contribution < 1.29 is 14.0 Å². The first-order valence-electron chi connectivity index (χ1n) is 9.77. The molecule has 1 aromatic carbocycles. The van der Waals surface area contributed by atoms with Gasteiger partial charge >= 0.3 is 0 Å². The van der Waals surface area contributed by atoms with Gasteiger partial charge < -0.3 is 20.0 Å². The van der Waals surface area contributed by atoms with Crippen LogP contribution in [-0.4, -0.2) is 37.4 Å². The average Bonchev–Trinajstić information content (AvgIpc) is 3.11. The number of amides is 2. The molecule has 152 valence electrons. The average molecular weight is 406 g/mol. The van der Waals surface area contributed by atoms with Crippen LogP contribution < -0.4 is 10.6 Å². The first-order chi connectivity index (χ1) is 13.3. The predicted molar refractivity (Wildman–Crippen MR) is 112 cm³/mol. The van der Waals surface area contributed by atoms with E-state index in [-0.39, 0.29) is 23.2 Å². The zero-order valence-corrected chi connectivity index (χ0v) is 17.7. The van der Waals surface area contributed by atoms with Crippen molar-refractivity contribution in [1.82, 2.24) is 10.2 Å². The van der Waals surface area contributed by atoms with Gasteiger partial charge in [-0.1, -0.05) is 30.9 Å². The van der Waals surface area contributed by atoms with Gasteiger partial charge in [0.25, 0.3) is 5.91 Å². The molecule has 0 aliphatic heterocycles. The van der Waals surface area contributed by atoms with E-state index in [4.69, 9.17) is 16.0 Å². The van der Waals surface area contributed by atoms with Crippen molar-refractivity contribution in [3.05, 3.63) is 28.5 Å². The molecule has 0 bridgehead atoms. The lowest BCUT2D eigenvalue weighted by Crippen LogP contribution is -2.42. The van der Waals surface area contributed by atoms with Gasteiger partial charge in [-0.15, -0.1) is 0 Å². The molecule has 28 heavy (non-hydrogen) atoms. The van der Waals surface area contributed by atoms with Gasteiger partial charge in [0.2, 0.25) is 6.41 Å². The predicted octanol–water partition coefficient (Wildman–Crippen LogP) is 4.51. The van der Waals surface area contributed by atoms with E-state index in [9.17, 15) is 9.59 Å². The highest BCUT2D eigenvalue weighted by Crippen LogP contribution is 2.47. The number of hydrogen-bond donors (Lipinski definition) is 2. The summed E-state index contributed by atoms with van der Waals surface area (Å²) in [7, 11) is 3.67. The minimum atomic E-state index is -0.366. The molecule has 1 heterocycles. The summed E-state index contributed by atoms with van der Waals surface area (Å²) in [5, 5.41) is 7.42. The Bertz CT molecular complexity index is 885. The highest BCUT2D eigenvalue weighted by atomic mass is 35.5. The smallest absolute Gasteiger partial charge is 0.289 e. The SMILES string of the molecule is CNC1(c2c(NC=O)c(Cl)cc3cc(C(=O)N(C)C(C)C)oc23)CCCCC1.